The molecule has 0 aromatic heterocycles. The Balaban J connectivity index is 2.19. The zero-order valence-corrected chi connectivity index (χ0v) is 15.4. The Kier molecular flexibility index (Phi) is 4.64. The van der Waals surface area contributed by atoms with E-state index in [-0.39, 0.29) is 17.9 Å². The van der Waals surface area contributed by atoms with Gasteiger partial charge in [-0.1, -0.05) is 23.8 Å². The first-order valence-corrected chi connectivity index (χ1v) is 9.81. The molecule has 26 heavy (non-hydrogen) atoms. The van der Waals surface area contributed by atoms with Crippen LogP contribution in [0.5, 0.6) is 0 Å². The molecule has 2 N–H and O–H groups in total. The standard InChI is InChI=1S/C18H21F2N3O2S/c1-18(14-11-13(19)8-9-15(14)20)16(10-12-6-4-3-5-7-12)26(24,25)23(2)17(21)22-18/h4,6-9,11,16H,3,5,10H2,1-2H3,(H2,21,22). The molecule has 0 fully saturated rings. The minimum absolute atomic E-state index is 0.123. The highest BCUT2D eigenvalue weighted by atomic mass is 32.2. The summed E-state index contributed by atoms with van der Waals surface area (Å²) in [5.41, 5.74) is 4.96. The summed E-state index contributed by atoms with van der Waals surface area (Å²) in [6.45, 7) is 1.49. The van der Waals surface area contributed by atoms with E-state index in [2.05, 4.69) is 4.99 Å². The van der Waals surface area contributed by atoms with Crippen LogP contribution in [0.25, 0.3) is 0 Å². The van der Waals surface area contributed by atoms with Crippen molar-refractivity contribution in [2.45, 2.75) is 37.0 Å². The Hall–Kier alpha value is -2.22. The van der Waals surface area contributed by atoms with Crippen molar-refractivity contribution >= 4 is 16.0 Å². The van der Waals surface area contributed by atoms with E-state index >= 15 is 0 Å². The van der Waals surface area contributed by atoms with E-state index < -0.39 is 32.4 Å². The Morgan fingerprint density at radius 1 is 1.35 bits per heavy atom. The summed E-state index contributed by atoms with van der Waals surface area (Å²) >= 11 is 0. The van der Waals surface area contributed by atoms with Crippen molar-refractivity contribution in [3.63, 3.8) is 0 Å². The molecule has 1 heterocycles. The van der Waals surface area contributed by atoms with E-state index in [1.807, 2.05) is 18.2 Å². The van der Waals surface area contributed by atoms with Crippen LogP contribution in [0, 0.1) is 11.6 Å². The molecular weight excluding hydrogens is 360 g/mol. The van der Waals surface area contributed by atoms with Crippen LogP contribution in [0.1, 0.15) is 31.7 Å². The number of sulfonamides is 1. The van der Waals surface area contributed by atoms with Gasteiger partial charge in [0.1, 0.15) is 22.4 Å². The second-order valence-electron chi connectivity index (χ2n) is 6.71. The molecule has 1 aliphatic carbocycles. The molecule has 1 aromatic carbocycles. The number of benzene rings is 1. The highest BCUT2D eigenvalue weighted by molar-refractivity contribution is 7.90. The lowest BCUT2D eigenvalue weighted by atomic mass is 9.84. The van der Waals surface area contributed by atoms with Crippen molar-refractivity contribution < 1.29 is 17.2 Å². The third-order valence-corrected chi connectivity index (χ3v) is 7.30. The number of nitrogens with two attached hydrogens (primary N) is 1. The van der Waals surface area contributed by atoms with E-state index in [1.165, 1.54) is 14.0 Å². The minimum Gasteiger partial charge on any atom is -0.369 e. The maximum absolute atomic E-state index is 14.5. The predicted molar refractivity (Wildman–Crippen MR) is 96.9 cm³/mol. The number of aliphatic imine (C=N–C) groups is 1. The normalized spacial score (nSPS) is 27.8. The molecule has 5 nitrogen and oxygen atoms in total. The first kappa shape index (κ1) is 18.6. The van der Waals surface area contributed by atoms with Crippen LogP contribution in [-0.2, 0) is 15.6 Å². The van der Waals surface area contributed by atoms with Gasteiger partial charge in [0.15, 0.2) is 0 Å². The highest BCUT2D eigenvalue weighted by Crippen LogP contribution is 2.42. The Labute approximate surface area is 152 Å². The molecule has 0 amide bonds. The number of hydrogen-bond donors (Lipinski definition) is 1. The van der Waals surface area contributed by atoms with Crippen molar-refractivity contribution in [1.29, 1.82) is 0 Å². The fourth-order valence-corrected chi connectivity index (χ4v) is 5.29. The molecule has 0 saturated carbocycles. The number of rotatable bonds is 3. The largest absolute Gasteiger partial charge is 0.369 e. The average molecular weight is 381 g/mol. The summed E-state index contributed by atoms with van der Waals surface area (Å²) in [6.07, 6.45) is 7.62. The summed E-state index contributed by atoms with van der Waals surface area (Å²) in [5, 5.41) is -1.11. The molecule has 2 aliphatic rings. The minimum atomic E-state index is -3.92. The first-order valence-electron chi connectivity index (χ1n) is 8.30. The van der Waals surface area contributed by atoms with E-state index in [9.17, 15) is 17.2 Å². The SMILES string of the molecule is CN1C(N)=NC(C)(c2cc(F)ccc2F)C(CC2=CCCC=C2)S1(=O)=O. The maximum Gasteiger partial charge on any atom is 0.243 e. The molecule has 140 valence electrons. The van der Waals surface area contributed by atoms with Crippen LogP contribution in [0.15, 0.2) is 47.0 Å². The number of allylic oxidation sites excluding steroid dienone is 4. The third kappa shape index (κ3) is 3.02. The van der Waals surface area contributed by atoms with Crippen LogP contribution >= 0.6 is 0 Å². The smallest absolute Gasteiger partial charge is 0.243 e. The van der Waals surface area contributed by atoms with Gasteiger partial charge in [-0.05, 0) is 44.4 Å². The van der Waals surface area contributed by atoms with Crippen LogP contribution in [0.2, 0.25) is 0 Å². The summed E-state index contributed by atoms with van der Waals surface area (Å²) < 4.78 is 55.4. The Bertz CT molecular complexity index is 924. The van der Waals surface area contributed by atoms with Crippen LogP contribution in [0.4, 0.5) is 8.78 Å². The van der Waals surface area contributed by atoms with Gasteiger partial charge < -0.3 is 5.73 Å². The summed E-state index contributed by atoms with van der Waals surface area (Å²) in [7, 11) is -2.61. The summed E-state index contributed by atoms with van der Waals surface area (Å²) in [6, 6.07) is 2.95. The molecule has 8 heteroatoms. The van der Waals surface area contributed by atoms with E-state index in [0.717, 1.165) is 40.9 Å². The third-order valence-electron chi connectivity index (χ3n) is 5.00. The Morgan fingerprint density at radius 3 is 2.73 bits per heavy atom. The van der Waals surface area contributed by atoms with Gasteiger partial charge in [-0.2, -0.15) is 0 Å². The van der Waals surface area contributed by atoms with E-state index in [4.69, 9.17) is 5.73 Å². The summed E-state index contributed by atoms with van der Waals surface area (Å²) in [5.74, 6) is -1.63. The lowest BCUT2D eigenvalue weighted by Gasteiger charge is -2.41. The molecule has 3 rings (SSSR count). The molecule has 0 bridgehead atoms. The van der Waals surface area contributed by atoms with Crippen molar-refractivity contribution in [2.75, 3.05) is 7.05 Å². The maximum atomic E-state index is 14.5. The lowest BCUT2D eigenvalue weighted by Crippen LogP contribution is -2.56. The molecule has 2 atom stereocenters. The molecule has 0 saturated heterocycles. The number of halogens is 2. The predicted octanol–water partition coefficient (Wildman–Crippen LogP) is 2.81. The van der Waals surface area contributed by atoms with E-state index in [0.29, 0.717) is 0 Å². The number of hydrogen-bond acceptors (Lipinski definition) is 4. The van der Waals surface area contributed by atoms with Crippen LogP contribution in [-0.4, -0.2) is 31.0 Å². The monoisotopic (exact) mass is 381 g/mol. The molecular formula is C18H21F2N3O2S. The van der Waals surface area contributed by atoms with Crippen molar-refractivity contribution in [3.8, 4) is 0 Å². The van der Waals surface area contributed by atoms with Gasteiger partial charge >= 0.3 is 0 Å². The molecule has 2 unspecified atom stereocenters. The number of guanidine groups is 1. The van der Waals surface area contributed by atoms with Gasteiger partial charge in [-0.3, -0.25) is 0 Å². The first-order chi connectivity index (χ1) is 12.2. The van der Waals surface area contributed by atoms with Crippen molar-refractivity contribution in [3.05, 3.63) is 59.2 Å². The molecule has 0 spiro atoms. The molecule has 0 radical (unpaired) electrons. The van der Waals surface area contributed by atoms with Crippen molar-refractivity contribution in [2.24, 2.45) is 10.7 Å². The van der Waals surface area contributed by atoms with Gasteiger partial charge in [0.2, 0.25) is 16.0 Å². The zero-order chi connectivity index (χ0) is 19.1. The number of nitrogens with zero attached hydrogens (tertiary/aromatic N) is 2. The van der Waals surface area contributed by atoms with Gasteiger partial charge in [-0.25, -0.2) is 26.5 Å². The fourth-order valence-electron chi connectivity index (χ4n) is 3.45. The second-order valence-corrected chi connectivity index (χ2v) is 8.85. The zero-order valence-electron chi connectivity index (χ0n) is 14.6. The summed E-state index contributed by atoms with van der Waals surface area (Å²) in [4.78, 5) is 4.29. The molecule has 1 aromatic rings. The van der Waals surface area contributed by atoms with E-state index in [1.54, 1.807) is 0 Å². The lowest BCUT2D eigenvalue weighted by molar-refractivity contribution is 0.388. The van der Waals surface area contributed by atoms with Crippen LogP contribution in [0.3, 0.4) is 0 Å². The van der Waals surface area contributed by atoms with Gasteiger partial charge in [-0.15, -0.1) is 0 Å². The quantitative estimate of drug-likeness (QED) is 0.875. The highest BCUT2D eigenvalue weighted by Gasteiger charge is 2.51. The second kappa shape index (κ2) is 6.50. The van der Waals surface area contributed by atoms with Gasteiger partial charge in [0, 0.05) is 12.6 Å². The van der Waals surface area contributed by atoms with Crippen LogP contribution < -0.4 is 5.73 Å². The van der Waals surface area contributed by atoms with Crippen molar-refractivity contribution in [1.82, 2.24) is 4.31 Å². The fraction of sp³-hybridized carbons (Fsp3) is 0.389. The molecule has 1 aliphatic heterocycles. The topological polar surface area (TPSA) is 75.8 Å². The average Bonchev–Trinajstić information content (AvgIpc) is 2.60. The Morgan fingerprint density at radius 2 is 2.08 bits per heavy atom. The van der Waals surface area contributed by atoms with Gasteiger partial charge in [0.25, 0.3) is 0 Å². The van der Waals surface area contributed by atoms with Gasteiger partial charge in [0.05, 0.1) is 0 Å².